The third kappa shape index (κ3) is 5.23. The molecular weight excluding hydrogens is 484 g/mol. The zero-order valence-electron chi connectivity index (χ0n) is 21.6. The minimum absolute atomic E-state index is 0.164. The first kappa shape index (κ1) is 25.0. The monoisotopic (exact) mass is 516 g/mol. The van der Waals surface area contributed by atoms with E-state index in [1.54, 1.807) is 31.6 Å². The Hall–Kier alpha value is -3.69. The maximum absolute atomic E-state index is 12.4. The van der Waals surface area contributed by atoms with Gasteiger partial charge in [-0.05, 0) is 92.7 Å². The molecule has 0 atom stereocenters. The van der Waals surface area contributed by atoms with Crippen molar-refractivity contribution in [2.45, 2.75) is 25.7 Å². The summed E-state index contributed by atoms with van der Waals surface area (Å²) in [7, 11) is 5.50. The van der Waals surface area contributed by atoms with Crippen LogP contribution in [0.1, 0.15) is 40.2 Å². The molecule has 37 heavy (non-hydrogen) atoms. The Balaban J connectivity index is 1.47. The van der Waals surface area contributed by atoms with Crippen LogP contribution in [0.2, 0.25) is 0 Å². The zero-order valence-corrected chi connectivity index (χ0v) is 22.4. The molecule has 192 valence electrons. The summed E-state index contributed by atoms with van der Waals surface area (Å²) in [4.78, 5) is 24.3. The normalized spacial score (nSPS) is 14.5. The van der Waals surface area contributed by atoms with Gasteiger partial charge in [0.05, 0.1) is 34.3 Å². The number of thiophene rings is 1. The van der Waals surface area contributed by atoms with Crippen molar-refractivity contribution in [3.63, 3.8) is 0 Å². The van der Waals surface area contributed by atoms with E-state index < -0.39 is 0 Å². The second-order valence-electron chi connectivity index (χ2n) is 9.39. The van der Waals surface area contributed by atoms with Gasteiger partial charge in [0.25, 0.3) is 5.91 Å². The van der Waals surface area contributed by atoms with Gasteiger partial charge >= 0.3 is 0 Å². The van der Waals surface area contributed by atoms with Gasteiger partial charge in [0.2, 0.25) is 5.95 Å². The number of nitrogens with one attached hydrogen (secondary N) is 3. The summed E-state index contributed by atoms with van der Waals surface area (Å²) in [5.74, 6) is 2.23. The van der Waals surface area contributed by atoms with E-state index in [1.807, 2.05) is 29.6 Å². The molecule has 2 aromatic heterocycles. The highest BCUT2D eigenvalue weighted by molar-refractivity contribution is 7.17. The third-order valence-corrected chi connectivity index (χ3v) is 7.86. The van der Waals surface area contributed by atoms with E-state index in [0.29, 0.717) is 28.9 Å². The highest BCUT2D eigenvalue weighted by atomic mass is 32.1. The van der Waals surface area contributed by atoms with Crippen LogP contribution in [-0.2, 0) is 0 Å². The number of piperidine rings is 1. The molecule has 0 aliphatic carbocycles. The average Bonchev–Trinajstić information content (AvgIpc) is 3.38. The number of rotatable bonds is 7. The van der Waals surface area contributed by atoms with Gasteiger partial charge in [-0.2, -0.15) is 4.98 Å². The first-order chi connectivity index (χ1) is 18.0. The fourth-order valence-electron chi connectivity index (χ4n) is 4.91. The van der Waals surface area contributed by atoms with Crippen molar-refractivity contribution in [1.82, 2.24) is 20.2 Å². The molecule has 0 bridgehead atoms. The average molecular weight is 517 g/mol. The number of nitrogens with zero attached hydrogens (tertiary/aromatic N) is 3. The maximum Gasteiger partial charge on any atom is 0.253 e. The Labute approximate surface area is 221 Å². The minimum atomic E-state index is -0.164. The highest BCUT2D eigenvalue weighted by Gasteiger charge is 2.22. The van der Waals surface area contributed by atoms with E-state index in [2.05, 4.69) is 47.0 Å². The number of para-hydroxylation sites is 1. The Bertz CT molecular complexity index is 1430. The molecule has 1 fully saturated rings. The number of fused-ring (bicyclic) bond motifs is 1. The Morgan fingerprint density at radius 2 is 1.86 bits per heavy atom. The number of ether oxygens (including phenoxy) is 1. The molecule has 1 saturated heterocycles. The lowest BCUT2D eigenvalue weighted by molar-refractivity contribution is 0.0964. The van der Waals surface area contributed by atoms with Gasteiger partial charge in [-0.3, -0.25) is 4.79 Å². The van der Waals surface area contributed by atoms with Crippen LogP contribution in [0.3, 0.4) is 0 Å². The van der Waals surface area contributed by atoms with Crippen LogP contribution in [0.15, 0.2) is 47.8 Å². The predicted molar refractivity (Wildman–Crippen MR) is 151 cm³/mol. The number of methoxy groups -OCH3 is 1. The molecule has 8 nitrogen and oxygen atoms in total. The summed E-state index contributed by atoms with van der Waals surface area (Å²) in [5.41, 5.74) is 5.44. The molecule has 1 aliphatic rings. The summed E-state index contributed by atoms with van der Waals surface area (Å²) in [6.07, 6.45) is 2.30. The summed E-state index contributed by atoms with van der Waals surface area (Å²) in [6, 6.07) is 13.6. The number of benzene rings is 2. The quantitative estimate of drug-likeness (QED) is 0.292. The third-order valence-electron chi connectivity index (χ3n) is 6.95. The van der Waals surface area contributed by atoms with Crippen LogP contribution in [0, 0.1) is 6.92 Å². The van der Waals surface area contributed by atoms with Gasteiger partial charge in [0.15, 0.2) is 5.82 Å². The number of amides is 1. The summed E-state index contributed by atoms with van der Waals surface area (Å²) < 4.78 is 6.71. The molecule has 1 aliphatic heterocycles. The highest BCUT2D eigenvalue weighted by Crippen LogP contribution is 2.38. The van der Waals surface area contributed by atoms with Crippen molar-refractivity contribution < 1.29 is 9.53 Å². The number of hydrogen-bond acceptors (Lipinski definition) is 8. The second kappa shape index (κ2) is 10.7. The fourth-order valence-corrected chi connectivity index (χ4v) is 5.68. The Morgan fingerprint density at radius 1 is 1.08 bits per heavy atom. The van der Waals surface area contributed by atoms with E-state index in [0.717, 1.165) is 47.6 Å². The number of carbonyl (C=O) groups is 1. The van der Waals surface area contributed by atoms with E-state index >= 15 is 0 Å². The SMILES string of the molecule is CNC(=O)c1ccccc1Nc1nc(Nc2cc(C)c(C3CCN(C)CC3)cc2OC)nc2ccsc12. The molecule has 9 heteroatoms. The second-order valence-corrected chi connectivity index (χ2v) is 10.3. The molecule has 0 saturated carbocycles. The number of hydrogen-bond donors (Lipinski definition) is 3. The largest absolute Gasteiger partial charge is 0.495 e. The molecule has 1 amide bonds. The Morgan fingerprint density at radius 3 is 2.62 bits per heavy atom. The topological polar surface area (TPSA) is 91.4 Å². The van der Waals surface area contributed by atoms with Crippen molar-refractivity contribution in [3.05, 3.63) is 64.5 Å². The fraction of sp³-hybridized carbons (Fsp3) is 0.321. The van der Waals surface area contributed by atoms with E-state index in [4.69, 9.17) is 14.7 Å². The lowest BCUT2D eigenvalue weighted by Crippen LogP contribution is -2.29. The Kier molecular flexibility index (Phi) is 7.25. The molecule has 2 aromatic carbocycles. The first-order valence-electron chi connectivity index (χ1n) is 12.4. The first-order valence-corrected chi connectivity index (χ1v) is 13.3. The molecule has 0 spiro atoms. The zero-order chi connectivity index (χ0) is 25.9. The van der Waals surface area contributed by atoms with E-state index in [-0.39, 0.29) is 5.91 Å². The van der Waals surface area contributed by atoms with Gasteiger partial charge in [-0.25, -0.2) is 4.98 Å². The molecule has 3 heterocycles. The predicted octanol–water partition coefficient (Wildman–Crippen LogP) is 5.66. The van der Waals surface area contributed by atoms with E-state index in [1.165, 1.54) is 11.1 Å². The van der Waals surface area contributed by atoms with Gasteiger partial charge in [-0.15, -0.1) is 11.3 Å². The van der Waals surface area contributed by atoms with Crippen molar-refractivity contribution in [1.29, 1.82) is 0 Å². The maximum atomic E-state index is 12.4. The smallest absolute Gasteiger partial charge is 0.253 e. The lowest BCUT2D eigenvalue weighted by Gasteiger charge is -2.30. The van der Waals surface area contributed by atoms with Crippen LogP contribution in [-0.4, -0.2) is 55.1 Å². The molecule has 0 radical (unpaired) electrons. The van der Waals surface area contributed by atoms with Gasteiger partial charge in [-0.1, -0.05) is 12.1 Å². The van der Waals surface area contributed by atoms with Crippen LogP contribution < -0.4 is 20.7 Å². The van der Waals surface area contributed by atoms with Gasteiger partial charge < -0.3 is 25.6 Å². The van der Waals surface area contributed by atoms with Crippen molar-refractivity contribution in [2.24, 2.45) is 0 Å². The summed E-state index contributed by atoms with van der Waals surface area (Å²) in [5, 5.41) is 11.4. The molecular formula is C28H32N6O2S. The van der Waals surface area contributed by atoms with Gasteiger partial charge in [0.1, 0.15) is 5.75 Å². The molecule has 4 aromatic rings. The van der Waals surface area contributed by atoms with Crippen LogP contribution in [0.5, 0.6) is 5.75 Å². The summed E-state index contributed by atoms with van der Waals surface area (Å²) in [6.45, 7) is 4.38. The standard InChI is InChI=1S/C28H32N6O2S/c1-17-15-23(24(36-4)16-20(17)18-9-12-34(3)13-10-18)32-28-31-22-11-14-37-25(22)26(33-28)30-21-8-6-5-7-19(21)27(35)29-2/h5-8,11,14-16,18H,9-10,12-13H2,1-4H3,(H,29,35)(H2,30,31,32,33). The number of likely N-dealkylation sites (tertiary alicyclic amines) is 1. The lowest BCUT2D eigenvalue weighted by atomic mass is 9.86. The number of aromatic nitrogens is 2. The number of aryl methyl sites for hydroxylation is 1. The number of anilines is 4. The van der Waals surface area contributed by atoms with Crippen molar-refractivity contribution in [3.8, 4) is 5.75 Å². The van der Waals surface area contributed by atoms with Crippen LogP contribution in [0.4, 0.5) is 23.1 Å². The molecule has 0 unspecified atom stereocenters. The van der Waals surface area contributed by atoms with Crippen LogP contribution >= 0.6 is 11.3 Å². The summed E-state index contributed by atoms with van der Waals surface area (Å²) >= 11 is 1.55. The van der Waals surface area contributed by atoms with Crippen LogP contribution in [0.25, 0.3) is 10.2 Å². The van der Waals surface area contributed by atoms with Crippen molar-refractivity contribution >= 4 is 50.6 Å². The van der Waals surface area contributed by atoms with E-state index in [9.17, 15) is 4.79 Å². The minimum Gasteiger partial charge on any atom is -0.495 e. The van der Waals surface area contributed by atoms with Gasteiger partial charge in [0, 0.05) is 7.05 Å². The molecule has 5 rings (SSSR count). The molecule has 3 N–H and O–H groups in total. The number of carbonyl (C=O) groups excluding carboxylic acids is 1. The van der Waals surface area contributed by atoms with Crippen molar-refractivity contribution in [2.75, 3.05) is 44.9 Å².